The lowest BCUT2D eigenvalue weighted by atomic mass is 10.1. The zero-order chi connectivity index (χ0) is 21.4. The van der Waals surface area contributed by atoms with Crippen LogP contribution in [0.1, 0.15) is 27.2 Å². The zero-order valence-corrected chi connectivity index (χ0v) is 17.4. The Morgan fingerprint density at radius 1 is 1.00 bits per heavy atom. The van der Waals surface area contributed by atoms with E-state index < -0.39 is 0 Å². The molecule has 31 heavy (non-hydrogen) atoms. The van der Waals surface area contributed by atoms with Crippen LogP contribution < -0.4 is 10.1 Å². The fraction of sp³-hybridized carbons (Fsp3) is 0.160. The van der Waals surface area contributed by atoms with Crippen LogP contribution in [0.2, 0.25) is 0 Å². The minimum Gasteiger partial charge on any atom is -0.457 e. The Morgan fingerprint density at radius 3 is 2.61 bits per heavy atom. The fourth-order valence-corrected chi connectivity index (χ4v) is 3.79. The molecule has 1 aliphatic heterocycles. The second kappa shape index (κ2) is 7.72. The summed E-state index contributed by atoms with van der Waals surface area (Å²) < 4.78 is 6.02. The highest BCUT2D eigenvalue weighted by Crippen LogP contribution is 2.28. The van der Waals surface area contributed by atoms with Gasteiger partial charge in [-0.1, -0.05) is 17.7 Å². The Kier molecular flexibility index (Phi) is 4.75. The number of aromatic amines is 1. The molecule has 3 heterocycles. The van der Waals surface area contributed by atoms with Gasteiger partial charge < -0.3 is 15.0 Å². The Hall–Kier alpha value is -3.93. The lowest BCUT2D eigenvalue weighted by Crippen LogP contribution is -2.31. The standard InChI is InChI=1S/C25H22N4O2/c1-15-3-8-23(16(2)13-15)31-18-6-4-17(5-7-18)24-26-11-10-21(29-24)22-14-19-20(28-22)9-12-27-25(19)30/h3-8,10-11,13-14,28H,9,12H2,1-2H3,(H,27,30). The molecular weight excluding hydrogens is 388 g/mol. The maximum absolute atomic E-state index is 12.0. The van der Waals surface area contributed by atoms with Crippen molar-refractivity contribution in [2.45, 2.75) is 20.3 Å². The molecule has 2 N–H and O–H groups in total. The van der Waals surface area contributed by atoms with Crippen molar-refractivity contribution in [1.82, 2.24) is 20.3 Å². The second-order valence-corrected chi connectivity index (χ2v) is 7.74. The molecule has 0 saturated heterocycles. The summed E-state index contributed by atoms with van der Waals surface area (Å²) in [6, 6.07) is 17.6. The molecular formula is C25H22N4O2. The van der Waals surface area contributed by atoms with Crippen molar-refractivity contribution >= 4 is 5.91 Å². The van der Waals surface area contributed by atoms with Crippen LogP contribution in [0.15, 0.2) is 60.8 Å². The molecule has 4 aromatic rings. The quantitative estimate of drug-likeness (QED) is 0.505. The molecule has 6 nitrogen and oxygen atoms in total. The molecule has 5 rings (SSSR count). The molecule has 1 amide bonds. The van der Waals surface area contributed by atoms with Crippen LogP contribution >= 0.6 is 0 Å². The van der Waals surface area contributed by atoms with Gasteiger partial charge in [0.05, 0.1) is 17.0 Å². The average molecular weight is 410 g/mol. The normalized spacial score (nSPS) is 12.9. The number of nitrogens with one attached hydrogen (secondary N) is 2. The van der Waals surface area contributed by atoms with E-state index in [2.05, 4.69) is 28.3 Å². The van der Waals surface area contributed by atoms with Crippen molar-refractivity contribution in [2.75, 3.05) is 6.54 Å². The lowest BCUT2D eigenvalue weighted by molar-refractivity contribution is 0.0946. The van der Waals surface area contributed by atoms with Crippen LogP contribution in [-0.4, -0.2) is 27.4 Å². The summed E-state index contributed by atoms with van der Waals surface area (Å²) in [6.45, 7) is 4.76. The predicted molar refractivity (Wildman–Crippen MR) is 119 cm³/mol. The number of hydrogen-bond donors (Lipinski definition) is 2. The van der Waals surface area contributed by atoms with E-state index in [1.807, 2.05) is 55.5 Å². The summed E-state index contributed by atoms with van der Waals surface area (Å²) in [6.07, 6.45) is 2.53. The molecule has 0 unspecified atom stereocenters. The van der Waals surface area contributed by atoms with Crippen molar-refractivity contribution in [1.29, 1.82) is 0 Å². The highest BCUT2D eigenvalue weighted by Gasteiger charge is 2.20. The number of carbonyl (C=O) groups excluding carboxylic acids is 1. The summed E-state index contributed by atoms with van der Waals surface area (Å²) in [5, 5.41) is 2.87. The third-order valence-electron chi connectivity index (χ3n) is 5.41. The number of fused-ring (bicyclic) bond motifs is 1. The van der Waals surface area contributed by atoms with E-state index in [4.69, 9.17) is 9.72 Å². The van der Waals surface area contributed by atoms with E-state index in [-0.39, 0.29) is 5.91 Å². The zero-order valence-electron chi connectivity index (χ0n) is 17.4. The smallest absolute Gasteiger partial charge is 0.253 e. The first-order chi connectivity index (χ1) is 15.1. The number of H-pyrrole nitrogens is 1. The van der Waals surface area contributed by atoms with Gasteiger partial charge in [0.15, 0.2) is 5.82 Å². The van der Waals surface area contributed by atoms with Crippen LogP contribution in [0.5, 0.6) is 11.5 Å². The summed E-state index contributed by atoms with van der Waals surface area (Å²) in [4.78, 5) is 24.5. The Balaban J connectivity index is 1.39. The van der Waals surface area contributed by atoms with Crippen LogP contribution in [-0.2, 0) is 6.42 Å². The van der Waals surface area contributed by atoms with Gasteiger partial charge in [-0.2, -0.15) is 0 Å². The van der Waals surface area contributed by atoms with E-state index >= 15 is 0 Å². The van der Waals surface area contributed by atoms with Gasteiger partial charge in [-0.15, -0.1) is 0 Å². The number of aryl methyl sites for hydroxylation is 2. The Labute approximate surface area is 180 Å². The fourth-order valence-electron chi connectivity index (χ4n) is 3.79. The molecule has 0 radical (unpaired) electrons. The first-order valence-corrected chi connectivity index (χ1v) is 10.3. The van der Waals surface area contributed by atoms with E-state index in [1.165, 1.54) is 5.56 Å². The molecule has 6 heteroatoms. The van der Waals surface area contributed by atoms with Crippen molar-refractivity contribution in [3.63, 3.8) is 0 Å². The van der Waals surface area contributed by atoms with Crippen LogP contribution in [0.25, 0.3) is 22.8 Å². The second-order valence-electron chi connectivity index (χ2n) is 7.74. The van der Waals surface area contributed by atoms with Gasteiger partial charge in [-0.3, -0.25) is 4.79 Å². The number of rotatable bonds is 4. The number of amides is 1. The third kappa shape index (κ3) is 3.80. The van der Waals surface area contributed by atoms with E-state index in [0.717, 1.165) is 46.1 Å². The van der Waals surface area contributed by atoms with Crippen molar-refractivity contribution in [3.8, 4) is 34.3 Å². The Morgan fingerprint density at radius 2 is 1.84 bits per heavy atom. The summed E-state index contributed by atoms with van der Waals surface area (Å²) >= 11 is 0. The highest BCUT2D eigenvalue weighted by molar-refractivity contribution is 5.97. The van der Waals surface area contributed by atoms with Gasteiger partial charge in [-0.05, 0) is 61.9 Å². The maximum atomic E-state index is 12.0. The molecule has 2 aromatic carbocycles. The maximum Gasteiger partial charge on any atom is 0.253 e. The van der Waals surface area contributed by atoms with E-state index in [1.54, 1.807) is 6.20 Å². The summed E-state index contributed by atoms with van der Waals surface area (Å²) in [5.74, 6) is 2.18. The van der Waals surface area contributed by atoms with Crippen molar-refractivity contribution in [2.24, 2.45) is 0 Å². The predicted octanol–water partition coefficient (Wildman–Crippen LogP) is 4.83. The molecule has 0 bridgehead atoms. The Bertz CT molecular complexity index is 1280. The number of aromatic nitrogens is 3. The number of hydrogen-bond acceptors (Lipinski definition) is 4. The SMILES string of the molecule is Cc1ccc(Oc2ccc(-c3nccc(-c4cc5c([nH]4)CCNC5=O)n3)cc2)c(C)c1. The van der Waals surface area contributed by atoms with Gasteiger partial charge >= 0.3 is 0 Å². The number of benzene rings is 2. The van der Waals surface area contributed by atoms with Gasteiger partial charge in [0.2, 0.25) is 0 Å². The van der Waals surface area contributed by atoms with Gasteiger partial charge in [0, 0.05) is 30.4 Å². The molecule has 2 aromatic heterocycles. The summed E-state index contributed by atoms with van der Waals surface area (Å²) in [5.41, 5.74) is 6.41. The minimum absolute atomic E-state index is 0.0440. The van der Waals surface area contributed by atoms with E-state index in [0.29, 0.717) is 17.9 Å². The minimum atomic E-state index is -0.0440. The van der Waals surface area contributed by atoms with Crippen LogP contribution in [0.4, 0.5) is 0 Å². The van der Waals surface area contributed by atoms with Crippen LogP contribution in [0.3, 0.4) is 0 Å². The first-order valence-electron chi connectivity index (χ1n) is 10.3. The van der Waals surface area contributed by atoms with Crippen LogP contribution in [0, 0.1) is 13.8 Å². The van der Waals surface area contributed by atoms with Crippen molar-refractivity contribution < 1.29 is 9.53 Å². The first kappa shape index (κ1) is 19.1. The van der Waals surface area contributed by atoms with Crippen molar-refractivity contribution in [3.05, 3.63) is 83.2 Å². The molecule has 0 aliphatic carbocycles. The van der Waals surface area contributed by atoms with Gasteiger partial charge in [0.1, 0.15) is 11.5 Å². The topological polar surface area (TPSA) is 79.9 Å². The molecule has 0 spiro atoms. The molecule has 0 fully saturated rings. The highest BCUT2D eigenvalue weighted by atomic mass is 16.5. The number of ether oxygens (including phenoxy) is 1. The number of carbonyl (C=O) groups is 1. The third-order valence-corrected chi connectivity index (χ3v) is 5.41. The van der Waals surface area contributed by atoms with E-state index in [9.17, 15) is 4.79 Å². The molecule has 0 saturated carbocycles. The monoisotopic (exact) mass is 410 g/mol. The number of nitrogens with zero attached hydrogens (tertiary/aromatic N) is 2. The molecule has 1 aliphatic rings. The van der Waals surface area contributed by atoms with Gasteiger partial charge in [0.25, 0.3) is 5.91 Å². The van der Waals surface area contributed by atoms with Gasteiger partial charge in [-0.25, -0.2) is 9.97 Å². The summed E-state index contributed by atoms with van der Waals surface area (Å²) in [7, 11) is 0. The lowest BCUT2D eigenvalue weighted by Gasteiger charge is -2.11. The average Bonchev–Trinajstić information content (AvgIpc) is 3.22. The molecule has 154 valence electrons. The largest absolute Gasteiger partial charge is 0.457 e. The molecule has 0 atom stereocenters.